The molecule has 1 aromatic heterocycles. The highest BCUT2D eigenvalue weighted by Crippen LogP contribution is 2.30. The molecule has 0 amide bonds. The average molecular weight is 494 g/mol. The van der Waals surface area contributed by atoms with Crippen molar-refractivity contribution in [3.63, 3.8) is 0 Å². The van der Waals surface area contributed by atoms with Gasteiger partial charge in [-0.05, 0) is 37.3 Å². The van der Waals surface area contributed by atoms with E-state index in [1.807, 2.05) is 84.3 Å². The first kappa shape index (κ1) is 21.3. The normalized spacial score (nSPS) is 10.8. The predicted octanol–water partition coefficient (Wildman–Crippen LogP) is 5.99. The quantitative estimate of drug-likeness (QED) is 0.233. The monoisotopic (exact) mass is 493 g/mol. The number of halogens is 1. The molecule has 0 radical (unpaired) electrons. The summed E-state index contributed by atoms with van der Waals surface area (Å²) in [5.74, 6) is 1.77. The van der Waals surface area contributed by atoms with Crippen LogP contribution in [0.15, 0.2) is 82.4 Å². The summed E-state index contributed by atoms with van der Waals surface area (Å²) < 4.78 is 8.05. The number of Topliss-reactive ketones (excluding diaryl/α,β-unsaturated/α-hetero) is 1. The van der Waals surface area contributed by atoms with E-state index in [1.54, 1.807) is 7.11 Å². The molecular formula is C24H20BrN3O2S. The van der Waals surface area contributed by atoms with Crippen LogP contribution in [0.5, 0.6) is 5.75 Å². The Hall–Kier alpha value is -2.90. The van der Waals surface area contributed by atoms with Crippen LogP contribution < -0.4 is 4.74 Å². The van der Waals surface area contributed by atoms with Crippen molar-refractivity contribution in [2.45, 2.75) is 12.1 Å². The van der Waals surface area contributed by atoms with Crippen molar-refractivity contribution in [1.29, 1.82) is 0 Å². The van der Waals surface area contributed by atoms with Gasteiger partial charge in [0.05, 0.1) is 12.9 Å². The molecule has 0 saturated heterocycles. The molecule has 0 aliphatic carbocycles. The van der Waals surface area contributed by atoms with E-state index in [0.717, 1.165) is 27.3 Å². The number of thioether (sulfide) groups is 1. The summed E-state index contributed by atoms with van der Waals surface area (Å²) >= 11 is 4.82. The summed E-state index contributed by atoms with van der Waals surface area (Å²) in [5.41, 5.74) is 3.69. The Morgan fingerprint density at radius 1 is 1.00 bits per heavy atom. The van der Waals surface area contributed by atoms with Gasteiger partial charge in [-0.15, -0.1) is 10.2 Å². The summed E-state index contributed by atoms with van der Waals surface area (Å²) in [6, 6.07) is 23.3. The fourth-order valence-electron chi connectivity index (χ4n) is 3.11. The number of nitrogens with zero attached hydrogens (tertiary/aromatic N) is 3. The fraction of sp³-hybridized carbons (Fsp3) is 0.125. The van der Waals surface area contributed by atoms with Crippen molar-refractivity contribution in [2.75, 3.05) is 12.9 Å². The lowest BCUT2D eigenvalue weighted by molar-refractivity contribution is 0.102. The first-order valence-corrected chi connectivity index (χ1v) is 11.4. The molecule has 0 unspecified atom stereocenters. The zero-order valence-electron chi connectivity index (χ0n) is 17.1. The third-order valence-corrected chi connectivity index (χ3v) is 6.40. The summed E-state index contributed by atoms with van der Waals surface area (Å²) in [4.78, 5) is 12.8. The molecule has 5 nitrogen and oxygen atoms in total. The Morgan fingerprint density at radius 3 is 2.39 bits per heavy atom. The third kappa shape index (κ3) is 4.73. The Morgan fingerprint density at radius 2 is 1.71 bits per heavy atom. The van der Waals surface area contributed by atoms with E-state index in [4.69, 9.17) is 4.74 Å². The second kappa shape index (κ2) is 9.49. The molecule has 0 saturated carbocycles. The van der Waals surface area contributed by atoms with E-state index in [1.165, 1.54) is 17.3 Å². The maximum atomic E-state index is 12.8. The molecule has 7 heteroatoms. The van der Waals surface area contributed by atoms with E-state index in [-0.39, 0.29) is 11.5 Å². The standard InChI is InChI=1S/C24H20BrN3O2S/c1-16-7-9-17(10-8-16)23-26-27-24(28(23)18-11-13-19(30-2)14-12-18)31-15-22(29)20-5-3-4-6-21(20)25/h3-14H,15H2,1-2H3. The molecule has 1 heterocycles. The van der Waals surface area contributed by atoms with Crippen molar-refractivity contribution in [1.82, 2.24) is 14.8 Å². The van der Waals surface area contributed by atoms with Crippen molar-refractivity contribution in [3.05, 3.63) is 88.4 Å². The minimum atomic E-state index is 0.0265. The minimum Gasteiger partial charge on any atom is -0.497 e. The van der Waals surface area contributed by atoms with E-state index >= 15 is 0 Å². The number of hydrogen-bond donors (Lipinski definition) is 0. The Labute approximate surface area is 193 Å². The number of ketones is 1. The first-order valence-electron chi connectivity index (χ1n) is 9.64. The minimum absolute atomic E-state index is 0.0265. The summed E-state index contributed by atoms with van der Waals surface area (Å²) in [6.45, 7) is 2.05. The van der Waals surface area contributed by atoms with Crippen LogP contribution in [-0.2, 0) is 0 Å². The average Bonchev–Trinajstić information content (AvgIpc) is 3.22. The van der Waals surface area contributed by atoms with Gasteiger partial charge in [-0.2, -0.15) is 0 Å². The summed E-state index contributed by atoms with van der Waals surface area (Å²) in [6.07, 6.45) is 0. The lowest BCUT2D eigenvalue weighted by Gasteiger charge is -2.11. The maximum Gasteiger partial charge on any atom is 0.196 e. The molecule has 4 aromatic rings. The second-order valence-electron chi connectivity index (χ2n) is 6.90. The van der Waals surface area contributed by atoms with Gasteiger partial charge >= 0.3 is 0 Å². The highest BCUT2D eigenvalue weighted by Gasteiger charge is 2.18. The fourth-order valence-corrected chi connectivity index (χ4v) is 4.45. The number of carbonyl (C=O) groups is 1. The van der Waals surface area contributed by atoms with E-state index in [9.17, 15) is 4.79 Å². The molecule has 0 fully saturated rings. The summed E-state index contributed by atoms with van der Waals surface area (Å²) in [5, 5.41) is 9.50. The number of carbonyl (C=O) groups excluding carboxylic acids is 1. The number of aromatic nitrogens is 3. The predicted molar refractivity (Wildman–Crippen MR) is 127 cm³/mol. The lowest BCUT2D eigenvalue weighted by Crippen LogP contribution is -2.05. The van der Waals surface area contributed by atoms with Crippen molar-refractivity contribution < 1.29 is 9.53 Å². The molecule has 156 valence electrons. The van der Waals surface area contributed by atoms with Crippen LogP contribution in [0.3, 0.4) is 0 Å². The van der Waals surface area contributed by atoms with Crippen LogP contribution in [0.1, 0.15) is 15.9 Å². The molecule has 0 atom stereocenters. The first-order chi connectivity index (χ1) is 15.1. The number of ether oxygens (including phenoxy) is 1. The van der Waals surface area contributed by atoms with Gasteiger partial charge in [0.1, 0.15) is 5.75 Å². The van der Waals surface area contributed by atoms with Crippen LogP contribution >= 0.6 is 27.7 Å². The van der Waals surface area contributed by atoms with Crippen molar-refractivity contribution in [2.24, 2.45) is 0 Å². The van der Waals surface area contributed by atoms with Crippen molar-refractivity contribution >= 4 is 33.5 Å². The van der Waals surface area contributed by atoms with Crippen LogP contribution in [0.25, 0.3) is 17.1 Å². The lowest BCUT2D eigenvalue weighted by atomic mass is 10.1. The number of aryl methyl sites for hydroxylation is 1. The van der Waals surface area contributed by atoms with Crippen LogP contribution in [0.4, 0.5) is 0 Å². The number of hydrogen-bond acceptors (Lipinski definition) is 5. The van der Waals surface area contributed by atoms with Gasteiger partial charge in [-0.25, -0.2) is 0 Å². The van der Waals surface area contributed by atoms with Crippen LogP contribution in [-0.4, -0.2) is 33.4 Å². The zero-order chi connectivity index (χ0) is 21.8. The summed E-state index contributed by atoms with van der Waals surface area (Å²) in [7, 11) is 1.64. The Bertz CT molecular complexity index is 1200. The van der Waals surface area contributed by atoms with Crippen molar-refractivity contribution in [3.8, 4) is 22.8 Å². The van der Waals surface area contributed by atoms with Gasteiger partial charge in [-0.1, -0.05) is 75.7 Å². The van der Waals surface area contributed by atoms with Gasteiger partial charge in [0.25, 0.3) is 0 Å². The Balaban J connectivity index is 1.69. The molecule has 0 aliphatic rings. The molecule has 4 rings (SSSR count). The number of benzene rings is 3. The van der Waals surface area contributed by atoms with Gasteiger partial charge in [0.2, 0.25) is 0 Å². The molecule has 0 spiro atoms. The number of methoxy groups -OCH3 is 1. The molecule has 0 aliphatic heterocycles. The highest BCUT2D eigenvalue weighted by molar-refractivity contribution is 9.10. The topological polar surface area (TPSA) is 57.0 Å². The molecule has 0 N–H and O–H groups in total. The zero-order valence-corrected chi connectivity index (χ0v) is 19.5. The van der Waals surface area contributed by atoms with E-state index in [0.29, 0.717) is 10.7 Å². The molecule has 31 heavy (non-hydrogen) atoms. The van der Waals surface area contributed by atoms with Gasteiger partial charge < -0.3 is 4.74 Å². The smallest absolute Gasteiger partial charge is 0.196 e. The van der Waals surface area contributed by atoms with Gasteiger partial charge in [0.15, 0.2) is 16.8 Å². The molecular weight excluding hydrogens is 474 g/mol. The highest BCUT2D eigenvalue weighted by atomic mass is 79.9. The van der Waals surface area contributed by atoms with E-state index in [2.05, 4.69) is 26.1 Å². The third-order valence-electron chi connectivity index (χ3n) is 4.78. The maximum absolute atomic E-state index is 12.8. The van der Waals surface area contributed by atoms with Gasteiger partial charge in [-0.3, -0.25) is 9.36 Å². The molecule has 0 bridgehead atoms. The van der Waals surface area contributed by atoms with E-state index < -0.39 is 0 Å². The SMILES string of the molecule is COc1ccc(-n2c(SCC(=O)c3ccccc3Br)nnc2-c2ccc(C)cc2)cc1. The van der Waals surface area contributed by atoms with Crippen LogP contribution in [0, 0.1) is 6.92 Å². The van der Waals surface area contributed by atoms with Gasteiger partial charge in [0, 0.05) is 21.3 Å². The number of rotatable bonds is 7. The Kier molecular flexibility index (Phi) is 6.53. The molecule has 3 aromatic carbocycles. The second-order valence-corrected chi connectivity index (χ2v) is 8.69. The van der Waals surface area contributed by atoms with Crippen LogP contribution in [0.2, 0.25) is 0 Å². The largest absolute Gasteiger partial charge is 0.497 e.